The summed E-state index contributed by atoms with van der Waals surface area (Å²) in [6.45, 7) is 8.32. The van der Waals surface area contributed by atoms with Crippen molar-refractivity contribution in [2.24, 2.45) is 0 Å². The number of nitrogens with one attached hydrogen (secondary N) is 1. The molecular weight excluding hydrogens is 424 g/mol. The molecule has 5 rings (SSSR count). The molecule has 7 heteroatoms. The van der Waals surface area contributed by atoms with Gasteiger partial charge in [-0.05, 0) is 32.9 Å². The molecule has 0 atom stereocenters. The van der Waals surface area contributed by atoms with Gasteiger partial charge in [-0.3, -0.25) is 4.90 Å². The number of fused-ring (bicyclic) bond motifs is 1. The van der Waals surface area contributed by atoms with Gasteiger partial charge in [-0.15, -0.1) is 0 Å². The van der Waals surface area contributed by atoms with Gasteiger partial charge in [0.1, 0.15) is 5.75 Å². The molecule has 0 unspecified atom stereocenters. The Balaban J connectivity index is 1.51. The Morgan fingerprint density at radius 2 is 1.88 bits per heavy atom. The maximum atomic E-state index is 5.67. The number of benzene rings is 2. The molecule has 2 aromatic heterocycles. The summed E-state index contributed by atoms with van der Waals surface area (Å²) in [5.74, 6) is 1.35. The van der Waals surface area contributed by atoms with Gasteiger partial charge >= 0.3 is 0 Å². The molecule has 34 heavy (non-hydrogen) atoms. The fourth-order valence-corrected chi connectivity index (χ4v) is 4.42. The molecule has 0 bridgehead atoms. The maximum absolute atomic E-state index is 5.67. The van der Waals surface area contributed by atoms with Crippen LogP contribution in [-0.2, 0) is 13.0 Å². The molecule has 1 N–H and O–H groups in total. The summed E-state index contributed by atoms with van der Waals surface area (Å²) in [6, 6.07) is 16.9. The first kappa shape index (κ1) is 22.1. The number of rotatable bonds is 6. The first-order chi connectivity index (χ1) is 16.5. The molecule has 7 nitrogen and oxygen atoms in total. The van der Waals surface area contributed by atoms with E-state index in [4.69, 9.17) is 14.7 Å². The fraction of sp³-hybridized carbons (Fsp3) is 0.296. The van der Waals surface area contributed by atoms with Crippen molar-refractivity contribution in [2.45, 2.75) is 39.8 Å². The molecule has 0 saturated carbocycles. The maximum Gasteiger partial charge on any atom is 0.228 e. The Morgan fingerprint density at radius 3 is 2.59 bits per heavy atom. The van der Waals surface area contributed by atoms with Crippen LogP contribution in [0.5, 0.6) is 5.75 Å². The molecular formula is C27H30N6O. The van der Waals surface area contributed by atoms with Crippen LogP contribution in [0, 0.1) is 6.92 Å². The zero-order valence-electron chi connectivity index (χ0n) is 20.1. The quantitative estimate of drug-likeness (QED) is 0.434. The molecule has 3 heterocycles. The van der Waals surface area contributed by atoms with Gasteiger partial charge in [-0.1, -0.05) is 30.3 Å². The molecule has 0 saturated heterocycles. The van der Waals surface area contributed by atoms with Gasteiger partial charge in [0, 0.05) is 54.6 Å². The van der Waals surface area contributed by atoms with E-state index in [9.17, 15) is 0 Å². The Labute approximate surface area is 200 Å². The Morgan fingerprint density at radius 1 is 1.06 bits per heavy atom. The monoisotopic (exact) mass is 454 g/mol. The zero-order chi connectivity index (χ0) is 23.7. The van der Waals surface area contributed by atoms with Crippen LogP contribution in [0.15, 0.2) is 61.1 Å². The first-order valence-electron chi connectivity index (χ1n) is 11.7. The van der Waals surface area contributed by atoms with Crippen molar-refractivity contribution in [3.8, 4) is 22.7 Å². The van der Waals surface area contributed by atoms with E-state index >= 15 is 0 Å². The molecule has 0 aliphatic carbocycles. The van der Waals surface area contributed by atoms with Crippen LogP contribution < -0.4 is 10.1 Å². The van der Waals surface area contributed by atoms with Gasteiger partial charge in [0.05, 0.1) is 36.2 Å². The lowest BCUT2D eigenvalue weighted by Gasteiger charge is -2.32. The third kappa shape index (κ3) is 4.39. The largest absolute Gasteiger partial charge is 0.494 e. The van der Waals surface area contributed by atoms with Crippen LogP contribution in [-0.4, -0.2) is 44.1 Å². The highest BCUT2D eigenvalue weighted by molar-refractivity contribution is 5.68. The molecule has 2 aromatic carbocycles. The van der Waals surface area contributed by atoms with Gasteiger partial charge in [-0.25, -0.2) is 15.0 Å². The van der Waals surface area contributed by atoms with E-state index in [1.165, 1.54) is 5.56 Å². The second-order valence-corrected chi connectivity index (χ2v) is 8.94. The van der Waals surface area contributed by atoms with Crippen molar-refractivity contribution in [1.82, 2.24) is 24.4 Å². The second-order valence-electron chi connectivity index (χ2n) is 8.94. The number of hydrogen-bond donors (Lipinski definition) is 1. The van der Waals surface area contributed by atoms with Crippen LogP contribution in [0.1, 0.15) is 30.8 Å². The summed E-state index contributed by atoms with van der Waals surface area (Å²) in [5.41, 5.74) is 7.20. The average Bonchev–Trinajstić information content (AvgIpc) is 3.29. The lowest BCUT2D eigenvalue weighted by atomic mass is 9.98. The van der Waals surface area contributed by atoms with E-state index in [1.54, 1.807) is 13.4 Å². The minimum atomic E-state index is 0.486. The number of aromatic nitrogens is 4. The summed E-state index contributed by atoms with van der Waals surface area (Å²) in [5, 5.41) is 3.42. The highest BCUT2D eigenvalue weighted by Gasteiger charge is 2.24. The molecule has 1 aliphatic rings. The van der Waals surface area contributed by atoms with Gasteiger partial charge in [0.25, 0.3) is 0 Å². The summed E-state index contributed by atoms with van der Waals surface area (Å²) in [7, 11) is 1.68. The minimum absolute atomic E-state index is 0.486. The van der Waals surface area contributed by atoms with Crippen molar-refractivity contribution >= 4 is 11.6 Å². The van der Waals surface area contributed by atoms with Crippen molar-refractivity contribution in [2.75, 3.05) is 19.0 Å². The lowest BCUT2D eigenvalue weighted by molar-refractivity contribution is 0.202. The van der Waals surface area contributed by atoms with E-state index in [2.05, 4.69) is 53.3 Å². The molecule has 1 aliphatic heterocycles. The standard InChI is InChI=1S/C27H30N6O/c1-18(2)32-13-12-23-22(16-32)26(20-8-6-5-7-9-20)31-27(30-23)29-21-10-11-24(25(14-21)34-4)33-15-19(3)28-17-33/h5-11,14-15,17-18H,12-13,16H2,1-4H3,(H,29,30,31). The number of methoxy groups -OCH3 is 1. The predicted octanol–water partition coefficient (Wildman–Crippen LogP) is 5.16. The summed E-state index contributed by atoms with van der Waals surface area (Å²) in [6.07, 6.45) is 4.68. The van der Waals surface area contributed by atoms with Crippen LogP contribution >= 0.6 is 0 Å². The highest BCUT2D eigenvalue weighted by atomic mass is 16.5. The van der Waals surface area contributed by atoms with E-state index in [0.717, 1.165) is 59.3 Å². The lowest BCUT2D eigenvalue weighted by Crippen LogP contribution is -2.36. The molecule has 0 fully saturated rings. The van der Waals surface area contributed by atoms with Crippen molar-refractivity contribution < 1.29 is 4.74 Å². The second kappa shape index (κ2) is 9.27. The van der Waals surface area contributed by atoms with Crippen LogP contribution in [0.3, 0.4) is 0 Å². The average molecular weight is 455 g/mol. The van der Waals surface area contributed by atoms with Gasteiger partial charge < -0.3 is 14.6 Å². The molecule has 0 spiro atoms. The van der Waals surface area contributed by atoms with E-state index < -0.39 is 0 Å². The van der Waals surface area contributed by atoms with Gasteiger partial charge in [0.2, 0.25) is 5.95 Å². The minimum Gasteiger partial charge on any atom is -0.494 e. The number of imidazole rings is 1. The Bertz CT molecular complexity index is 1300. The topological polar surface area (TPSA) is 68.1 Å². The van der Waals surface area contributed by atoms with Gasteiger partial charge in [-0.2, -0.15) is 0 Å². The number of aryl methyl sites for hydroxylation is 1. The SMILES string of the molecule is COc1cc(Nc2nc3c(c(-c4ccccc4)n2)CN(C(C)C)CC3)ccc1-n1cnc(C)c1. The highest BCUT2D eigenvalue weighted by Crippen LogP contribution is 2.32. The normalized spacial score (nSPS) is 13.7. The molecule has 4 aromatic rings. The van der Waals surface area contributed by atoms with E-state index in [0.29, 0.717) is 12.0 Å². The number of hydrogen-bond acceptors (Lipinski definition) is 6. The molecule has 174 valence electrons. The zero-order valence-corrected chi connectivity index (χ0v) is 20.1. The Kier molecular flexibility index (Phi) is 6.02. The molecule has 0 radical (unpaired) electrons. The van der Waals surface area contributed by atoms with Crippen LogP contribution in [0.25, 0.3) is 16.9 Å². The molecule has 0 amide bonds. The van der Waals surface area contributed by atoms with E-state index in [-0.39, 0.29) is 0 Å². The number of anilines is 2. The first-order valence-corrected chi connectivity index (χ1v) is 11.7. The van der Waals surface area contributed by atoms with Crippen molar-refractivity contribution in [3.63, 3.8) is 0 Å². The van der Waals surface area contributed by atoms with Crippen LogP contribution in [0.4, 0.5) is 11.6 Å². The summed E-state index contributed by atoms with van der Waals surface area (Å²) >= 11 is 0. The van der Waals surface area contributed by atoms with E-state index in [1.807, 2.05) is 42.0 Å². The fourth-order valence-electron chi connectivity index (χ4n) is 4.42. The van der Waals surface area contributed by atoms with Gasteiger partial charge in [0.15, 0.2) is 0 Å². The smallest absolute Gasteiger partial charge is 0.228 e. The third-order valence-corrected chi connectivity index (χ3v) is 6.29. The summed E-state index contributed by atoms with van der Waals surface area (Å²) < 4.78 is 7.63. The van der Waals surface area contributed by atoms with Crippen LogP contribution in [0.2, 0.25) is 0 Å². The summed E-state index contributed by atoms with van der Waals surface area (Å²) in [4.78, 5) is 16.7. The van der Waals surface area contributed by atoms with Crippen molar-refractivity contribution in [3.05, 3.63) is 78.0 Å². The number of ether oxygens (including phenoxy) is 1. The Hall–Kier alpha value is -3.71. The number of nitrogens with zero attached hydrogens (tertiary/aromatic N) is 5. The predicted molar refractivity (Wildman–Crippen MR) is 135 cm³/mol. The third-order valence-electron chi connectivity index (χ3n) is 6.29. The van der Waals surface area contributed by atoms with Crippen molar-refractivity contribution in [1.29, 1.82) is 0 Å².